The number of pyridine rings is 2. The number of fused-ring (bicyclic) bond motifs is 3. The lowest BCUT2D eigenvalue weighted by molar-refractivity contribution is -0.191. The zero-order valence-corrected chi connectivity index (χ0v) is 21.8. The van der Waals surface area contributed by atoms with Crippen LogP contribution in [0, 0.1) is 19.8 Å². The molecule has 0 aliphatic carbocycles. The Morgan fingerprint density at radius 3 is 2.47 bits per heavy atom. The number of hydrogen-bond donors (Lipinski definition) is 0. The summed E-state index contributed by atoms with van der Waals surface area (Å²) in [6.07, 6.45) is 5.12. The highest BCUT2D eigenvalue weighted by molar-refractivity contribution is 6.05. The van der Waals surface area contributed by atoms with Crippen LogP contribution in [0.4, 0.5) is 0 Å². The van der Waals surface area contributed by atoms with Gasteiger partial charge in [0.25, 0.3) is 0 Å². The zero-order valence-electron chi connectivity index (χ0n) is 21.8. The average molecular weight is 511 g/mol. The summed E-state index contributed by atoms with van der Waals surface area (Å²) in [7, 11) is 0. The first-order valence-electron chi connectivity index (χ1n) is 12.9. The third-order valence-electron chi connectivity index (χ3n) is 7.36. The number of rotatable bonds is 5. The maximum Gasteiger partial charge on any atom is 0.373 e. The largest absolute Gasteiger partial charge is 0.381 e. The van der Waals surface area contributed by atoms with Crippen LogP contribution < -0.4 is 0 Å². The molecule has 0 saturated carbocycles. The quantitative estimate of drug-likeness (QED) is 0.292. The molecule has 194 valence electrons. The van der Waals surface area contributed by atoms with E-state index in [1.807, 2.05) is 20.0 Å². The van der Waals surface area contributed by atoms with E-state index in [0.717, 1.165) is 82.8 Å². The zero-order chi connectivity index (χ0) is 26.6. The summed E-state index contributed by atoms with van der Waals surface area (Å²) in [6.45, 7) is 7.68. The van der Waals surface area contributed by atoms with E-state index in [1.165, 1.54) is 5.56 Å². The normalized spacial score (nSPS) is 14.7. The van der Waals surface area contributed by atoms with Crippen LogP contribution in [0.1, 0.15) is 48.5 Å². The Hall–Kier alpha value is -4.13. The Morgan fingerprint density at radius 1 is 1.08 bits per heavy atom. The molecule has 6 rings (SSSR count). The van der Waals surface area contributed by atoms with Gasteiger partial charge in [0.15, 0.2) is 0 Å². The molecule has 1 aromatic carbocycles. The highest BCUT2D eigenvalue weighted by Crippen LogP contribution is 2.41. The molecule has 1 aliphatic rings. The fraction of sp³-hybridized carbons (Fsp3) is 0.333. The summed E-state index contributed by atoms with van der Waals surface area (Å²) >= 11 is 0. The first-order valence-corrected chi connectivity index (χ1v) is 12.9. The van der Waals surface area contributed by atoms with Gasteiger partial charge in [0.2, 0.25) is 0 Å². The minimum absolute atomic E-state index is 0.140. The SMILES string of the molecule is CCc1ccc2c3ncc(-c4c(C)noc4C)cc3n(C(c3ccccc3)C3CCOCC3)c2n1.O=C=O. The fourth-order valence-corrected chi connectivity index (χ4v) is 5.64. The number of ether oxygens (including phenoxy) is 1. The van der Waals surface area contributed by atoms with Crippen LogP contribution in [0.2, 0.25) is 0 Å². The molecule has 0 bridgehead atoms. The molecular weight excluding hydrogens is 480 g/mol. The summed E-state index contributed by atoms with van der Waals surface area (Å²) in [5.41, 5.74) is 8.38. The van der Waals surface area contributed by atoms with Gasteiger partial charge in [-0.15, -0.1) is 0 Å². The maximum absolute atomic E-state index is 8.12. The molecule has 8 nitrogen and oxygen atoms in total. The monoisotopic (exact) mass is 510 g/mol. The van der Waals surface area contributed by atoms with Gasteiger partial charge < -0.3 is 13.8 Å². The number of aromatic nitrogens is 4. The molecule has 1 aliphatic heterocycles. The Bertz CT molecular complexity index is 1570. The predicted octanol–water partition coefficient (Wildman–Crippen LogP) is 5.85. The minimum atomic E-state index is 0.140. The lowest BCUT2D eigenvalue weighted by atomic mass is 9.86. The molecule has 1 saturated heterocycles. The third kappa shape index (κ3) is 4.64. The average Bonchev–Trinajstić information content (AvgIpc) is 3.45. The second-order valence-electron chi connectivity index (χ2n) is 9.58. The van der Waals surface area contributed by atoms with Crippen molar-refractivity contribution in [2.45, 2.75) is 46.1 Å². The van der Waals surface area contributed by atoms with Gasteiger partial charge in [-0.05, 0) is 62.8 Å². The van der Waals surface area contributed by atoms with Crippen molar-refractivity contribution in [2.75, 3.05) is 13.2 Å². The Morgan fingerprint density at radius 2 is 1.82 bits per heavy atom. The van der Waals surface area contributed by atoms with Crippen molar-refractivity contribution in [1.82, 2.24) is 19.7 Å². The van der Waals surface area contributed by atoms with E-state index in [9.17, 15) is 0 Å². The Balaban J connectivity index is 0.000000937. The van der Waals surface area contributed by atoms with Crippen LogP contribution >= 0.6 is 0 Å². The summed E-state index contributed by atoms with van der Waals surface area (Å²) < 4.78 is 13.7. The van der Waals surface area contributed by atoms with Gasteiger partial charge in [-0.3, -0.25) is 4.98 Å². The molecule has 0 N–H and O–H groups in total. The second-order valence-corrected chi connectivity index (χ2v) is 9.58. The van der Waals surface area contributed by atoms with Gasteiger partial charge >= 0.3 is 6.15 Å². The van der Waals surface area contributed by atoms with Crippen LogP contribution in [0.3, 0.4) is 0 Å². The lowest BCUT2D eigenvalue weighted by Crippen LogP contribution is -2.27. The standard InChI is InChI=1S/C29H30N4O2.CO2/c1-4-23-10-11-24-27-25(16-22(17-30-27)26-18(2)32-35-19(26)3)33(29(24)31-23)28(20-8-6-5-7-9-20)21-12-14-34-15-13-21;2-1-3/h5-11,16-17,21,28H,4,12-15H2,1-3H3;. The molecule has 5 heterocycles. The molecule has 1 unspecified atom stereocenters. The molecule has 8 heteroatoms. The van der Waals surface area contributed by atoms with Gasteiger partial charge in [0, 0.05) is 41.6 Å². The number of hydrogen-bond acceptors (Lipinski definition) is 7. The molecule has 4 aromatic heterocycles. The number of nitrogens with zero attached hydrogens (tertiary/aromatic N) is 4. The summed E-state index contributed by atoms with van der Waals surface area (Å²) in [5, 5.41) is 5.27. The first-order chi connectivity index (χ1) is 18.6. The molecule has 38 heavy (non-hydrogen) atoms. The van der Waals surface area contributed by atoms with E-state index in [4.69, 9.17) is 28.8 Å². The maximum atomic E-state index is 8.12. The van der Waals surface area contributed by atoms with Crippen molar-refractivity contribution in [3.8, 4) is 11.1 Å². The van der Waals surface area contributed by atoms with Gasteiger partial charge in [0.1, 0.15) is 11.4 Å². The number of aryl methyl sites for hydroxylation is 3. The molecule has 0 amide bonds. The van der Waals surface area contributed by atoms with Crippen LogP contribution in [0.25, 0.3) is 33.2 Å². The van der Waals surface area contributed by atoms with Crippen molar-refractivity contribution in [3.63, 3.8) is 0 Å². The van der Waals surface area contributed by atoms with Crippen molar-refractivity contribution >= 4 is 28.2 Å². The van der Waals surface area contributed by atoms with E-state index in [-0.39, 0.29) is 12.2 Å². The highest BCUT2D eigenvalue weighted by Gasteiger charge is 2.31. The van der Waals surface area contributed by atoms with Gasteiger partial charge in [-0.25, -0.2) is 4.98 Å². The summed E-state index contributed by atoms with van der Waals surface area (Å²) in [5.74, 6) is 1.25. The second kappa shape index (κ2) is 11.1. The van der Waals surface area contributed by atoms with Crippen molar-refractivity contribution in [1.29, 1.82) is 0 Å². The summed E-state index contributed by atoms with van der Waals surface area (Å²) in [6, 6.07) is 17.5. The van der Waals surface area contributed by atoms with E-state index in [0.29, 0.717) is 5.92 Å². The van der Waals surface area contributed by atoms with Gasteiger partial charge in [-0.2, -0.15) is 9.59 Å². The lowest BCUT2D eigenvalue weighted by Gasteiger charge is -2.32. The Kier molecular flexibility index (Phi) is 7.45. The van der Waals surface area contributed by atoms with E-state index < -0.39 is 0 Å². The van der Waals surface area contributed by atoms with E-state index in [2.05, 4.69) is 65.2 Å². The van der Waals surface area contributed by atoms with Crippen molar-refractivity contribution < 1.29 is 18.8 Å². The Labute approximate surface area is 220 Å². The first kappa shape index (κ1) is 25.5. The minimum Gasteiger partial charge on any atom is -0.381 e. The molecule has 0 radical (unpaired) electrons. The molecular formula is C30H30N4O4. The van der Waals surface area contributed by atoms with Crippen LogP contribution in [0.5, 0.6) is 0 Å². The van der Waals surface area contributed by atoms with E-state index in [1.54, 1.807) is 0 Å². The number of carbonyl (C=O) groups excluding carboxylic acids is 2. The van der Waals surface area contributed by atoms with Gasteiger partial charge in [0.05, 0.1) is 22.8 Å². The fourth-order valence-electron chi connectivity index (χ4n) is 5.64. The topological polar surface area (TPSA) is 100 Å². The van der Waals surface area contributed by atoms with Crippen molar-refractivity contribution in [2.24, 2.45) is 5.92 Å². The number of benzene rings is 1. The van der Waals surface area contributed by atoms with Crippen LogP contribution in [-0.4, -0.2) is 39.1 Å². The third-order valence-corrected chi connectivity index (χ3v) is 7.36. The van der Waals surface area contributed by atoms with Crippen LogP contribution in [-0.2, 0) is 20.7 Å². The smallest absolute Gasteiger partial charge is 0.373 e. The molecule has 1 fully saturated rings. The van der Waals surface area contributed by atoms with Crippen molar-refractivity contribution in [3.05, 3.63) is 77.4 Å². The highest BCUT2D eigenvalue weighted by atomic mass is 16.5. The molecule has 0 spiro atoms. The van der Waals surface area contributed by atoms with E-state index >= 15 is 0 Å². The van der Waals surface area contributed by atoms with Gasteiger partial charge in [-0.1, -0.05) is 42.4 Å². The van der Waals surface area contributed by atoms with Crippen LogP contribution in [0.15, 0.2) is 59.3 Å². The predicted molar refractivity (Wildman–Crippen MR) is 143 cm³/mol. The summed E-state index contributed by atoms with van der Waals surface area (Å²) in [4.78, 5) is 26.4. The molecule has 5 aromatic rings. The molecule has 1 atom stereocenters.